The van der Waals surface area contributed by atoms with Gasteiger partial charge in [-0.3, -0.25) is 0 Å². The Hall–Kier alpha value is -1.48. The van der Waals surface area contributed by atoms with E-state index in [0.717, 1.165) is 11.1 Å². The van der Waals surface area contributed by atoms with Crippen molar-refractivity contribution in [1.29, 1.82) is 5.26 Å². The first-order chi connectivity index (χ1) is 7.29. The molecule has 0 amide bonds. The van der Waals surface area contributed by atoms with Gasteiger partial charge in [0, 0.05) is 21.5 Å². The standard InChI is InChI=1S/C11H6IN3/c12-10-3-1-8(2-4-10)9-6-14-11(5-13)15-7-9/h1-4,6-7H. The molecule has 0 spiro atoms. The highest BCUT2D eigenvalue weighted by atomic mass is 127. The Kier molecular flexibility index (Phi) is 2.92. The van der Waals surface area contributed by atoms with Crippen molar-refractivity contribution in [3.05, 3.63) is 46.1 Å². The Morgan fingerprint density at radius 3 is 2.13 bits per heavy atom. The Labute approximate surface area is 101 Å². The van der Waals surface area contributed by atoms with Gasteiger partial charge in [0.2, 0.25) is 5.82 Å². The number of hydrogen-bond donors (Lipinski definition) is 0. The summed E-state index contributed by atoms with van der Waals surface area (Å²) in [7, 11) is 0. The Bertz CT molecular complexity index is 497. The van der Waals surface area contributed by atoms with Crippen molar-refractivity contribution in [2.45, 2.75) is 0 Å². The van der Waals surface area contributed by atoms with E-state index in [9.17, 15) is 0 Å². The third-order valence-corrected chi connectivity index (χ3v) is 2.65. The van der Waals surface area contributed by atoms with E-state index in [-0.39, 0.29) is 5.82 Å². The van der Waals surface area contributed by atoms with Crippen molar-refractivity contribution < 1.29 is 0 Å². The predicted molar refractivity (Wildman–Crippen MR) is 64.9 cm³/mol. The van der Waals surface area contributed by atoms with E-state index in [1.807, 2.05) is 30.3 Å². The van der Waals surface area contributed by atoms with Gasteiger partial charge in [-0.1, -0.05) is 12.1 Å². The Morgan fingerprint density at radius 2 is 1.60 bits per heavy atom. The molecule has 1 aromatic heterocycles. The second kappa shape index (κ2) is 4.36. The van der Waals surface area contributed by atoms with Gasteiger partial charge >= 0.3 is 0 Å². The van der Waals surface area contributed by atoms with E-state index in [2.05, 4.69) is 32.6 Å². The monoisotopic (exact) mass is 307 g/mol. The molecule has 4 heteroatoms. The third kappa shape index (κ3) is 2.30. The van der Waals surface area contributed by atoms with Gasteiger partial charge in [-0.25, -0.2) is 9.97 Å². The zero-order chi connectivity index (χ0) is 10.7. The topological polar surface area (TPSA) is 49.6 Å². The van der Waals surface area contributed by atoms with Crippen LogP contribution >= 0.6 is 22.6 Å². The molecule has 15 heavy (non-hydrogen) atoms. The molecule has 0 radical (unpaired) electrons. The van der Waals surface area contributed by atoms with Crippen molar-refractivity contribution in [2.75, 3.05) is 0 Å². The molecule has 0 unspecified atom stereocenters. The summed E-state index contributed by atoms with van der Waals surface area (Å²) < 4.78 is 1.19. The van der Waals surface area contributed by atoms with Gasteiger partial charge < -0.3 is 0 Å². The smallest absolute Gasteiger partial charge is 0.227 e. The zero-order valence-electron chi connectivity index (χ0n) is 7.68. The number of rotatable bonds is 1. The maximum absolute atomic E-state index is 8.56. The number of benzene rings is 1. The highest BCUT2D eigenvalue weighted by molar-refractivity contribution is 14.1. The summed E-state index contributed by atoms with van der Waals surface area (Å²) in [5.74, 6) is 0.198. The number of aromatic nitrogens is 2. The van der Waals surface area contributed by atoms with Gasteiger partial charge in [-0.2, -0.15) is 5.26 Å². The van der Waals surface area contributed by atoms with Crippen LogP contribution in [0.4, 0.5) is 0 Å². The Morgan fingerprint density at radius 1 is 1.00 bits per heavy atom. The van der Waals surface area contributed by atoms with E-state index in [1.54, 1.807) is 12.4 Å². The normalized spacial score (nSPS) is 9.60. The molecule has 0 saturated heterocycles. The van der Waals surface area contributed by atoms with E-state index in [4.69, 9.17) is 5.26 Å². The summed E-state index contributed by atoms with van der Waals surface area (Å²) in [6.07, 6.45) is 3.32. The fraction of sp³-hybridized carbons (Fsp3) is 0. The SMILES string of the molecule is N#Cc1ncc(-c2ccc(I)cc2)cn1. The fourth-order valence-electron chi connectivity index (χ4n) is 1.18. The van der Waals surface area contributed by atoms with Crippen LogP contribution in [0.2, 0.25) is 0 Å². The average molecular weight is 307 g/mol. The lowest BCUT2D eigenvalue weighted by atomic mass is 10.1. The first-order valence-corrected chi connectivity index (χ1v) is 5.35. The molecule has 2 rings (SSSR count). The lowest BCUT2D eigenvalue weighted by Crippen LogP contribution is -1.88. The molecule has 0 aliphatic heterocycles. The zero-order valence-corrected chi connectivity index (χ0v) is 9.84. The number of hydrogen-bond acceptors (Lipinski definition) is 3. The van der Waals surface area contributed by atoms with Gasteiger partial charge in [-0.15, -0.1) is 0 Å². The van der Waals surface area contributed by atoms with Crippen LogP contribution in [0.25, 0.3) is 11.1 Å². The molecule has 3 nitrogen and oxygen atoms in total. The second-order valence-electron chi connectivity index (χ2n) is 2.91. The summed E-state index contributed by atoms with van der Waals surface area (Å²) >= 11 is 2.25. The van der Waals surface area contributed by atoms with Gasteiger partial charge in [0.05, 0.1) is 0 Å². The maximum Gasteiger partial charge on any atom is 0.232 e. The number of halogens is 1. The quantitative estimate of drug-likeness (QED) is 0.761. The minimum atomic E-state index is 0.198. The number of nitriles is 1. The molecule has 0 fully saturated rings. The van der Waals surface area contributed by atoms with Crippen LogP contribution in [0.15, 0.2) is 36.7 Å². The highest BCUT2D eigenvalue weighted by Gasteiger charge is 1.99. The molecule has 0 aliphatic carbocycles. The molecule has 0 aliphatic rings. The first kappa shape index (κ1) is 10.1. The lowest BCUT2D eigenvalue weighted by molar-refractivity contribution is 1.12. The molecule has 0 saturated carbocycles. The largest absolute Gasteiger partial charge is 0.232 e. The summed E-state index contributed by atoms with van der Waals surface area (Å²) in [5.41, 5.74) is 1.98. The van der Waals surface area contributed by atoms with Crippen LogP contribution < -0.4 is 0 Å². The van der Waals surface area contributed by atoms with Crippen LogP contribution in [0, 0.1) is 14.9 Å². The third-order valence-electron chi connectivity index (χ3n) is 1.93. The maximum atomic E-state index is 8.56. The summed E-state index contributed by atoms with van der Waals surface area (Å²) in [4.78, 5) is 7.84. The van der Waals surface area contributed by atoms with Crippen LogP contribution in [-0.4, -0.2) is 9.97 Å². The van der Waals surface area contributed by atoms with E-state index in [1.165, 1.54) is 3.57 Å². The van der Waals surface area contributed by atoms with Gasteiger partial charge in [0.25, 0.3) is 0 Å². The molecular formula is C11H6IN3. The molecule has 2 aromatic rings. The van der Waals surface area contributed by atoms with E-state index in [0.29, 0.717) is 0 Å². The minimum absolute atomic E-state index is 0.198. The molecule has 72 valence electrons. The first-order valence-electron chi connectivity index (χ1n) is 4.27. The van der Waals surface area contributed by atoms with Crippen LogP contribution in [-0.2, 0) is 0 Å². The molecular weight excluding hydrogens is 301 g/mol. The Balaban J connectivity index is 2.38. The highest BCUT2D eigenvalue weighted by Crippen LogP contribution is 2.18. The van der Waals surface area contributed by atoms with Crippen LogP contribution in [0.1, 0.15) is 5.82 Å². The fourth-order valence-corrected chi connectivity index (χ4v) is 1.54. The minimum Gasteiger partial charge on any atom is -0.227 e. The van der Waals surface area contributed by atoms with E-state index < -0.39 is 0 Å². The van der Waals surface area contributed by atoms with Crippen molar-refractivity contribution in [3.8, 4) is 17.2 Å². The predicted octanol–water partition coefficient (Wildman–Crippen LogP) is 2.62. The van der Waals surface area contributed by atoms with Gasteiger partial charge in [0.15, 0.2) is 0 Å². The second-order valence-corrected chi connectivity index (χ2v) is 4.16. The average Bonchev–Trinajstić information content (AvgIpc) is 2.30. The molecule has 1 heterocycles. The van der Waals surface area contributed by atoms with Gasteiger partial charge in [-0.05, 0) is 40.3 Å². The summed E-state index contributed by atoms with van der Waals surface area (Å²) in [5, 5.41) is 8.56. The van der Waals surface area contributed by atoms with E-state index >= 15 is 0 Å². The van der Waals surface area contributed by atoms with Crippen molar-refractivity contribution in [1.82, 2.24) is 9.97 Å². The molecule has 1 aromatic carbocycles. The van der Waals surface area contributed by atoms with Crippen LogP contribution in [0.3, 0.4) is 0 Å². The summed E-state index contributed by atoms with van der Waals surface area (Å²) in [6, 6.07) is 9.95. The van der Waals surface area contributed by atoms with Crippen molar-refractivity contribution >= 4 is 22.6 Å². The summed E-state index contributed by atoms with van der Waals surface area (Å²) in [6.45, 7) is 0. The molecule has 0 N–H and O–H groups in total. The van der Waals surface area contributed by atoms with Crippen molar-refractivity contribution in [2.24, 2.45) is 0 Å². The number of nitrogens with zero attached hydrogens (tertiary/aromatic N) is 3. The lowest BCUT2D eigenvalue weighted by Gasteiger charge is -1.99. The molecule has 0 atom stereocenters. The van der Waals surface area contributed by atoms with Crippen LogP contribution in [0.5, 0.6) is 0 Å². The van der Waals surface area contributed by atoms with Crippen molar-refractivity contribution in [3.63, 3.8) is 0 Å². The van der Waals surface area contributed by atoms with Gasteiger partial charge in [0.1, 0.15) is 6.07 Å². The molecule has 0 bridgehead atoms.